The van der Waals surface area contributed by atoms with Crippen LogP contribution >= 0.6 is 0 Å². The number of primary amides is 2. The summed E-state index contributed by atoms with van der Waals surface area (Å²) in [5, 5.41) is 13.2. The van der Waals surface area contributed by atoms with Crippen molar-refractivity contribution in [1.82, 2.24) is 10.6 Å². The average Bonchev–Trinajstić information content (AvgIpc) is 2.43. The zero-order valence-electron chi connectivity index (χ0n) is 13.4. The van der Waals surface area contributed by atoms with Crippen molar-refractivity contribution < 1.29 is 29.1 Å². The Morgan fingerprint density at radius 2 is 1.29 bits per heavy atom. The van der Waals surface area contributed by atoms with E-state index in [-0.39, 0.29) is 5.92 Å². The van der Waals surface area contributed by atoms with Gasteiger partial charge in [-0.15, -0.1) is 0 Å². The van der Waals surface area contributed by atoms with Crippen LogP contribution in [0, 0.1) is 5.92 Å². The predicted molar refractivity (Wildman–Crippen MR) is 81.9 cm³/mol. The van der Waals surface area contributed by atoms with Gasteiger partial charge in [-0.1, -0.05) is 13.8 Å². The fraction of sp³-hybridized carbons (Fsp3) is 0.615. The second-order valence-electron chi connectivity index (χ2n) is 5.57. The molecule has 0 rings (SSSR count). The van der Waals surface area contributed by atoms with Gasteiger partial charge in [0, 0.05) is 0 Å². The van der Waals surface area contributed by atoms with Crippen LogP contribution in [-0.4, -0.2) is 52.8 Å². The first-order valence-electron chi connectivity index (χ1n) is 7.11. The van der Waals surface area contributed by atoms with E-state index in [1.54, 1.807) is 13.8 Å². The zero-order chi connectivity index (χ0) is 19.0. The summed E-state index contributed by atoms with van der Waals surface area (Å²) in [5.74, 6) is -5.26. The second kappa shape index (κ2) is 9.45. The monoisotopic (exact) mass is 345 g/mol. The molecule has 24 heavy (non-hydrogen) atoms. The van der Waals surface area contributed by atoms with Crippen LogP contribution in [0.25, 0.3) is 0 Å². The molecule has 0 spiro atoms. The molecule has 0 aromatic heterocycles. The molecular formula is C13H23N5O6. The minimum Gasteiger partial charge on any atom is -0.480 e. The Balaban J connectivity index is 5.11. The number of carboxylic acids is 1. The van der Waals surface area contributed by atoms with E-state index in [2.05, 4.69) is 5.32 Å². The number of carboxylic acid groups (broad SMARTS) is 1. The highest BCUT2D eigenvalue weighted by atomic mass is 16.4. The van der Waals surface area contributed by atoms with Crippen LogP contribution in [0.4, 0.5) is 0 Å². The summed E-state index contributed by atoms with van der Waals surface area (Å²) < 4.78 is 0. The van der Waals surface area contributed by atoms with Crippen LogP contribution in [0.5, 0.6) is 0 Å². The zero-order valence-corrected chi connectivity index (χ0v) is 13.4. The van der Waals surface area contributed by atoms with Crippen molar-refractivity contribution in [1.29, 1.82) is 0 Å². The van der Waals surface area contributed by atoms with Gasteiger partial charge in [-0.25, -0.2) is 4.79 Å². The minimum atomic E-state index is -1.60. The van der Waals surface area contributed by atoms with Crippen LogP contribution in [0.15, 0.2) is 0 Å². The molecule has 0 aliphatic heterocycles. The number of carbonyl (C=O) groups excluding carboxylic acids is 4. The number of hydrogen-bond donors (Lipinski definition) is 6. The van der Waals surface area contributed by atoms with Gasteiger partial charge in [0.15, 0.2) is 0 Å². The van der Waals surface area contributed by atoms with E-state index in [1.165, 1.54) is 0 Å². The van der Waals surface area contributed by atoms with Crippen molar-refractivity contribution in [2.24, 2.45) is 23.1 Å². The number of nitrogens with two attached hydrogens (primary N) is 3. The number of hydrogen-bond acceptors (Lipinski definition) is 6. The van der Waals surface area contributed by atoms with Gasteiger partial charge in [0.25, 0.3) is 0 Å². The molecule has 0 unspecified atom stereocenters. The van der Waals surface area contributed by atoms with Gasteiger partial charge in [0.1, 0.15) is 12.1 Å². The van der Waals surface area contributed by atoms with Crippen LogP contribution in [0.1, 0.15) is 26.7 Å². The molecule has 11 nitrogen and oxygen atoms in total. The van der Waals surface area contributed by atoms with Crippen LogP contribution in [-0.2, 0) is 24.0 Å². The molecule has 4 amide bonds. The topological polar surface area (TPSA) is 208 Å². The maximum Gasteiger partial charge on any atom is 0.326 e. The molecule has 0 aliphatic rings. The van der Waals surface area contributed by atoms with E-state index < -0.39 is 60.6 Å². The lowest BCUT2D eigenvalue weighted by Gasteiger charge is -2.22. The molecular weight excluding hydrogens is 322 g/mol. The lowest BCUT2D eigenvalue weighted by molar-refractivity contribution is -0.143. The summed E-state index contributed by atoms with van der Waals surface area (Å²) in [5.41, 5.74) is 15.6. The Hall–Kier alpha value is -2.69. The Kier molecular flexibility index (Phi) is 8.39. The summed E-state index contributed by atoms with van der Waals surface area (Å²) >= 11 is 0. The van der Waals surface area contributed by atoms with Gasteiger partial charge in [-0.3, -0.25) is 19.2 Å². The average molecular weight is 345 g/mol. The number of carbonyl (C=O) groups is 5. The number of amides is 4. The van der Waals surface area contributed by atoms with E-state index in [9.17, 15) is 24.0 Å². The lowest BCUT2D eigenvalue weighted by atomic mass is 10.0. The normalized spacial score (nSPS) is 14.3. The standard InChI is InChI=1S/C13H23N5O6/c1-5(2)10(16)12(22)17-6(3-8(14)19)11(21)18-7(13(23)24)4-9(15)20/h5-7,10H,3-4,16H2,1-2H3,(H2,14,19)(H2,15,20)(H,17,22)(H,18,21)(H,23,24)/t6-,7-,10-/m0/s1. The van der Waals surface area contributed by atoms with Gasteiger partial charge in [0.05, 0.1) is 18.9 Å². The molecule has 0 bridgehead atoms. The Bertz CT molecular complexity index is 521. The highest BCUT2D eigenvalue weighted by molar-refractivity contribution is 5.95. The van der Waals surface area contributed by atoms with Gasteiger partial charge < -0.3 is 32.9 Å². The summed E-state index contributed by atoms with van der Waals surface area (Å²) in [7, 11) is 0. The van der Waals surface area contributed by atoms with Crippen LogP contribution in [0.2, 0.25) is 0 Å². The second-order valence-corrected chi connectivity index (χ2v) is 5.57. The molecule has 0 saturated carbocycles. The van der Waals surface area contributed by atoms with E-state index in [0.29, 0.717) is 0 Å². The smallest absolute Gasteiger partial charge is 0.326 e. The third kappa shape index (κ3) is 7.54. The third-order valence-corrected chi connectivity index (χ3v) is 3.08. The van der Waals surface area contributed by atoms with E-state index in [1.807, 2.05) is 5.32 Å². The van der Waals surface area contributed by atoms with Crippen molar-refractivity contribution in [2.45, 2.75) is 44.8 Å². The van der Waals surface area contributed by atoms with Crippen LogP contribution < -0.4 is 27.8 Å². The summed E-state index contributed by atoms with van der Waals surface area (Å²) in [4.78, 5) is 56.9. The molecule has 0 saturated heterocycles. The highest BCUT2D eigenvalue weighted by Crippen LogP contribution is 2.02. The quantitative estimate of drug-likeness (QED) is 0.238. The predicted octanol–water partition coefficient (Wildman–Crippen LogP) is -3.23. The molecule has 3 atom stereocenters. The van der Waals surface area contributed by atoms with Crippen molar-refractivity contribution >= 4 is 29.6 Å². The van der Waals surface area contributed by atoms with Gasteiger partial charge in [-0.2, -0.15) is 0 Å². The molecule has 11 heteroatoms. The van der Waals surface area contributed by atoms with Gasteiger partial charge in [-0.05, 0) is 5.92 Å². The number of rotatable bonds is 10. The first-order valence-corrected chi connectivity index (χ1v) is 7.11. The summed E-state index contributed by atoms with van der Waals surface area (Å²) in [6, 6.07) is -3.95. The largest absolute Gasteiger partial charge is 0.480 e. The Morgan fingerprint density at radius 1 is 0.875 bits per heavy atom. The first-order chi connectivity index (χ1) is 11.0. The Labute approximate surface area is 138 Å². The highest BCUT2D eigenvalue weighted by Gasteiger charge is 2.30. The lowest BCUT2D eigenvalue weighted by Crippen LogP contribution is -2.56. The van der Waals surface area contributed by atoms with E-state index in [4.69, 9.17) is 22.3 Å². The summed E-state index contributed by atoms with van der Waals surface area (Å²) in [6.07, 6.45) is -1.21. The van der Waals surface area contributed by atoms with Crippen molar-refractivity contribution in [3.8, 4) is 0 Å². The van der Waals surface area contributed by atoms with Crippen LogP contribution in [0.3, 0.4) is 0 Å². The molecule has 0 aromatic carbocycles. The fourth-order valence-electron chi connectivity index (χ4n) is 1.65. The number of nitrogens with one attached hydrogen (secondary N) is 2. The maximum atomic E-state index is 12.1. The van der Waals surface area contributed by atoms with Crippen molar-refractivity contribution in [3.63, 3.8) is 0 Å². The SMILES string of the molecule is CC(C)[C@H](N)C(=O)N[C@@H](CC(N)=O)C(=O)N[C@@H](CC(N)=O)C(=O)O. The first kappa shape index (κ1) is 21.3. The minimum absolute atomic E-state index is 0.232. The van der Waals surface area contributed by atoms with Crippen molar-refractivity contribution in [2.75, 3.05) is 0 Å². The molecule has 0 heterocycles. The molecule has 9 N–H and O–H groups in total. The molecule has 0 fully saturated rings. The van der Waals surface area contributed by atoms with E-state index >= 15 is 0 Å². The molecule has 0 aliphatic carbocycles. The van der Waals surface area contributed by atoms with Crippen molar-refractivity contribution in [3.05, 3.63) is 0 Å². The summed E-state index contributed by atoms with van der Waals surface area (Å²) in [6.45, 7) is 3.36. The third-order valence-electron chi connectivity index (χ3n) is 3.08. The maximum absolute atomic E-state index is 12.1. The fourth-order valence-corrected chi connectivity index (χ4v) is 1.65. The Morgan fingerprint density at radius 3 is 1.67 bits per heavy atom. The number of aliphatic carboxylic acids is 1. The molecule has 0 aromatic rings. The van der Waals surface area contributed by atoms with Gasteiger partial charge in [0.2, 0.25) is 23.6 Å². The van der Waals surface area contributed by atoms with E-state index in [0.717, 1.165) is 0 Å². The molecule has 136 valence electrons. The van der Waals surface area contributed by atoms with Gasteiger partial charge >= 0.3 is 5.97 Å². The molecule has 0 radical (unpaired) electrons.